The zero-order valence-corrected chi connectivity index (χ0v) is 12.9. The van der Waals surface area contributed by atoms with Crippen LogP contribution in [0.3, 0.4) is 0 Å². The maximum atomic E-state index is 12.2. The highest BCUT2D eigenvalue weighted by Crippen LogP contribution is 2.49. The first-order valence-electron chi connectivity index (χ1n) is 8.24. The number of imide groups is 1. The topological polar surface area (TPSA) is 63.7 Å². The zero-order chi connectivity index (χ0) is 16.0. The van der Waals surface area contributed by atoms with Crippen LogP contribution in [0.4, 0.5) is 0 Å². The smallest absolute Gasteiger partial charge is 0.307 e. The lowest BCUT2D eigenvalue weighted by Gasteiger charge is -2.21. The Balaban J connectivity index is 1.34. The highest BCUT2D eigenvalue weighted by atomic mass is 16.5. The second-order valence-corrected chi connectivity index (χ2v) is 6.87. The van der Waals surface area contributed by atoms with Crippen molar-refractivity contribution in [1.29, 1.82) is 0 Å². The number of hydrogen-bond acceptors (Lipinski definition) is 4. The number of hydrogen-bond donors (Lipinski definition) is 0. The Bertz CT molecular complexity index is 648. The minimum atomic E-state index is -0.390. The quantitative estimate of drug-likeness (QED) is 0.633. The number of fused-ring (bicyclic) bond motifs is 3. The van der Waals surface area contributed by atoms with Crippen LogP contribution in [0.1, 0.15) is 52.8 Å². The largest absolute Gasteiger partial charge is 0.444 e. The van der Waals surface area contributed by atoms with E-state index in [-0.39, 0.29) is 12.7 Å². The van der Waals surface area contributed by atoms with Gasteiger partial charge in [-0.15, -0.1) is 0 Å². The third-order valence-electron chi connectivity index (χ3n) is 5.55. The molecule has 5 heteroatoms. The van der Waals surface area contributed by atoms with E-state index in [1.54, 1.807) is 24.3 Å². The summed E-state index contributed by atoms with van der Waals surface area (Å²) in [5, 5.41) is 0. The van der Waals surface area contributed by atoms with E-state index >= 15 is 0 Å². The molecule has 2 saturated carbocycles. The van der Waals surface area contributed by atoms with Crippen molar-refractivity contribution in [2.75, 3.05) is 6.73 Å². The average Bonchev–Trinajstić information content (AvgIpc) is 3.22. The Kier molecular flexibility index (Phi) is 3.43. The molecule has 2 aliphatic carbocycles. The molecule has 1 aromatic rings. The van der Waals surface area contributed by atoms with E-state index in [4.69, 9.17) is 4.74 Å². The fourth-order valence-electron chi connectivity index (χ4n) is 4.39. The molecule has 2 amide bonds. The molecule has 3 atom stereocenters. The number of nitrogens with zero attached hydrogens (tertiary/aromatic N) is 1. The summed E-state index contributed by atoms with van der Waals surface area (Å²) in [6.07, 6.45) is 5.29. The van der Waals surface area contributed by atoms with Crippen molar-refractivity contribution in [3.8, 4) is 0 Å². The first-order valence-corrected chi connectivity index (χ1v) is 8.24. The standard InChI is InChI=1S/C18H19NO4/c20-16(9-13-8-11-5-6-12(13)7-11)23-10-19-17(21)14-3-1-2-4-15(14)18(19)22/h1-4,11-13H,5-10H2/t11-,12-,13+/m0/s1. The highest BCUT2D eigenvalue weighted by molar-refractivity contribution is 6.21. The van der Waals surface area contributed by atoms with Crippen LogP contribution in [-0.4, -0.2) is 29.4 Å². The number of esters is 1. The van der Waals surface area contributed by atoms with Crippen LogP contribution < -0.4 is 0 Å². The second kappa shape index (κ2) is 5.48. The molecule has 2 fully saturated rings. The first kappa shape index (κ1) is 14.4. The maximum absolute atomic E-state index is 12.2. The summed E-state index contributed by atoms with van der Waals surface area (Å²) in [7, 11) is 0. The SMILES string of the molecule is O=C(C[C@H]1C[C@H]2CC[C@H]1C2)OCN1C(=O)c2ccccc2C1=O. The summed E-state index contributed by atoms with van der Waals surface area (Å²) in [4.78, 5) is 37.4. The Morgan fingerprint density at radius 3 is 2.35 bits per heavy atom. The van der Waals surface area contributed by atoms with Crippen LogP contribution in [0.25, 0.3) is 0 Å². The lowest BCUT2D eigenvalue weighted by atomic mass is 9.86. The molecule has 23 heavy (non-hydrogen) atoms. The van der Waals surface area contributed by atoms with Gasteiger partial charge in [-0.05, 0) is 49.1 Å². The molecule has 4 rings (SSSR count). The van der Waals surface area contributed by atoms with Gasteiger partial charge in [-0.2, -0.15) is 0 Å². The molecular formula is C18H19NO4. The van der Waals surface area contributed by atoms with Crippen molar-refractivity contribution < 1.29 is 19.1 Å². The van der Waals surface area contributed by atoms with E-state index < -0.39 is 11.8 Å². The summed E-state index contributed by atoms with van der Waals surface area (Å²) < 4.78 is 5.21. The van der Waals surface area contributed by atoms with Crippen LogP contribution in [-0.2, 0) is 9.53 Å². The lowest BCUT2D eigenvalue weighted by molar-refractivity contribution is -0.147. The summed E-state index contributed by atoms with van der Waals surface area (Å²) >= 11 is 0. The van der Waals surface area contributed by atoms with Crippen molar-refractivity contribution in [2.24, 2.45) is 17.8 Å². The van der Waals surface area contributed by atoms with Crippen LogP contribution in [0.15, 0.2) is 24.3 Å². The molecular weight excluding hydrogens is 294 g/mol. The molecule has 1 aliphatic heterocycles. The Hall–Kier alpha value is -2.17. The molecule has 0 spiro atoms. The number of benzene rings is 1. The third kappa shape index (κ3) is 2.44. The second-order valence-electron chi connectivity index (χ2n) is 6.87. The normalized spacial score (nSPS) is 28.3. The fourth-order valence-corrected chi connectivity index (χ4v) is 4.39. The van der Waals surface area contributed by atoms with Crippen LogP contribution in [0.2, 0.25) is 0 Å². The summed E-state index contributed by atoms with van der Waals surface area (Å²) in [5.74, 6) is 0.778. The number of carbonyl (C=O) groups is 3. The van der Waals surface area contributed by atoms with Crippen LogP contribution >= 0.6 is 0 Å². The molecule has 0 N–H and O–H groups in total. The Morgan fingerprint density at radius 1 is 1.09 bits per heavy atom. The number of rotatable bonds is 4. The summed E-state index contributed by atoms with van der Waals surface area (Å²) in [6, 6.07) is 6.67. The average molecular weight is 313 g/mol. The lowest BCUT2D eigenvalue weighted by Crippen LogP contribution is -2.33. The Labute approximate surface area is 134 Å². The number of amides is 2. The summed E-state index contributed by atoms with van der Waals surface area (Å²) in [5.41, 5.74) is 0.753. The van der Waals surface area contributed by atoms with Gasteiger partial charge in [0.25, 0.3) is 11.8 Å². The minimum absolute atomic E-state index is 0.286. The molecule has 0 radical (unpaired) electrons. The van der Waals surface area contributed by atoms with Crippen molar-refractivity contribution in [2.45, 2.75) is 32.1 Å². The van der Waals surface area contributed by atoms with Gasteiger partial charge in [-0.3, -0.25) is 14.4 Å². The molecule has 5 nitrogen and oxygen atoms in total. The van der Waals surface area contributed by atoms with Gasteiger partial charge >= 0.3 is 5.97 Å². The van der Waals surface area contributed by atoms with Gasteiger partial charge in [0.2, 0.25) is 0 Å². The summed E-state index contributed by atoms with van der Waals surface area (Å²) in [6.45, 7) is -0.286. The van der Waals surface area contributed by atoms with Crippen molar-refractivity contribution in [3.63, 3.8) is 0 Å². The zero-order valence-electron chi connectivity index (χ0n) is 12.9. The van der Waals surface area contributed by atoms with Gasteiger partial charge in [-0.25, -0.2) is 4.90 Å². The number of carbonyl (C=O) groups excluding carboxylic acids is 3. The monoisotopic (exact) mass is 313 g/mol. The minimum Gasteiger partial charge on any atom is -0.444 e. The van der Waals surface area contributed by atoms with Gasteiger partial charge in [0.1, 0.15) is 0 Å². The third-order valence-corrected chi connectivity index (χ3v) is 5.55. The fraction of sp³-hybridized carbons (Fsp3) is 0.500. The predicted molar refractivity (Wildman–Crippen MR) is 81.5 cm³/mol. The van der Waals surface area contributed by atoms with E-state index in [0.29, 0.717) is 29.4 Å². The first-order chi connectivity index (χ1) is 11.1. The van der Waals surface area contributed by atoms with Gasteiger partial charge in [0.15, 0.2) is 6.73 Å². The van der Waals surface area contributed by atoms with Gasteiger partial charge in [-0.1, -0.05) is 18.6 Å². The number of ether oxygens (including phenoxy) is 1. The molecule has 0 saturated heterocycles. The predicted octanol–water partition coefficient (Wildman–Crippen LogP) is 2.61. The van der Waals surface area contributed by atoms with Crippen molar-refractivity contribution in [1.82, 2.24) is 4.90 Å². The van der Waals surface area contributed by atoms with Crippen LogP contribution in [0, 0.1) is 17.8 Å². The molecule has 120 valence electrons. The van der Waals surface area contributed by atoms with E-state index in [1.165, 1.54) is 19.3 Å². The van der Waals surface area contributed by atoms with Gasteiger partial charge < -0.3 is 4.74 Å². The Morgan fingerprint density at radius 2 is 1.78 bits per heavy atom. The molecule has 3 aliphatic rings. The molecule has 1 heterocycles. The van der Waals surface area contributed by atoms with Crippen molar-refractivity contribution in [3.05, 3.63) is 35.4 Å². The molecule has 0 aromatic heterocycles. The highest BCUT2D eigenvalue weighted by Gasteiger charge is 2.41. The van der Waals surface area contributed by atoms with Gasteiger partial charge in [0.05, 0.1) is 11.1 Å². The molecule has 0 unspecified atom stereocenters. The van der Waals surface area contributed by atoms with Crippen LogP contribution in [0.5, 0.6) is 0 Å². The van der Waals surface area contributed by atoms with E-state index in [2.05, 4.69) is 0 Å². The molecule has 1 aromatic carbocycles. The van der Waals surface area contributed by atoms with Crippen molar-refractivity contribution >= 4 is 17.8 Å². The van der Waals surface area contributed by atoms with E-state index in [0.717, 1.165) is 17.2 Å². The van der Waals surface area contributed by atoms with E-state index in [9.17, 15) is 14.4 Å². The molecule has 2 bridgehead atoms. The van der Waals surface area contributed by atoms with Gasteiger partial charge in [0, 0.05) is 6.42 Å². The maximum Gasteiger partial charge on any atom is 0.307 e. The van der Waals surface area contributed by atoms with E-state index in [1.807, 2.05) is 0 Å².